The highest BCUT2D eigenvalue weighted by Gasteiger charge is 2.17. The molecule has 0 saturated carbocycles. The van der Waals surface area contributed by atoms with Crippen LogP contribution in [-0.4, -0.2) is 9.91 Å². The third-order valence-corrected chi connectivity index (χ3v) is 4.88. The monoisotopic (exact) mass is 340 g/mol. The summed E-state index contributed by atoms with van der Waals surface area (Å²) in [4.78, 5) is 17.3. The molecule has 23 heavy (non-hydrogen) atoms. The summed E-state index contributed by atoms with van der Waals surface area (Å²) >= 11 is 2.79. The SMILES string of the molecule is O=[N+]([O-])c1ccc(Sc2ccccc2)nc1Sc1ccccc1. The van der Waals surface area contributed by atoms with Gasteiger partial charge in [0.15, 0.2) is 5.03 Å². The van der Waals surface area contributed by atoms with Crippen molar-refractivity contribution < 1.29 is 4.92 Å². The summed E-state index contributed by atoms with van der Waals surface area (Å²) in [6.45, 7) is 0. The lowest BCUT2D eigenvalue weighted by Gasteiger charge is -2.05. The maximum atomic E-state index is 11.2. The molecule has 0 N–H and O–H groups in total. The first-order valence-corrected chi connectivity index (χ1v) is 8.47. The smallest absolute Gasteiger partial charge is 0.258 e. The second kappa shape index (κ2) is 7.30. The van der Waals surface area contributed by atoms with E-state index >= 15 is 0 Å². The van der Waals surface area contributed by atoms with Crippen molar-refractivity contribution in [3.63, 3.8) is 0 Å². The van der Waals surface area contributed by atoms with Crippen molar-refractivity contribution in [2.75, 3.05) is 0 Å². The number of nitrogens with zero attached hydrogens (tertiary/aromatic N) is 2. The normalized spacial score (nSPS) is 10.4. The van der Waals surface area contributed by atoms with Crippen molar-refractivity contribution in [2.45, 2.75) is 19.8 Å². The molecule has 0 aliphatic rings. The van der Waals surface area contributed by atoms with E-state index in [1.54, 1.807) is 6.07 Å². The number of benzene rings is 2. The maximum absolute atomic E-state index is 11.2. The van der Waals surface area contributed by atoms with Crippen LogP contribution in [0.5, 0.6) is 0 Å². The first kappa shape index (κ1) is 15.6. The molecule has 0 radical (unpaired) electrons. The van der Waals surface area contributed by atoms with Crippen molar-refractivity contribution >= 4 is 29.2 Å². The predicted molar refractivity (Wildman–Crippen MR) is 92.0 cm³/mol. The minimum absolute atomic E-state index is 0.0243. The molecule has 0 bridgehead atoms. The Hall–Kier alpha value is -2.31. The Bertz CT molecular complexity index is 811. The van der Waals surface area contributed by atoms with Crippen molar-refractivity contribution in [2.24, 2.45) is 0 Å². The molecule has 3 rings (SSSR count). The van der Waals surface area contributed by atoms with Crippen LogP contribution in [0.1, 0.15) is 0 Å². The average Bonchev–Trinajstić information content (AvgIpc) is 2.57. The summed E-state index contributed by atoms with van der Waals surface area (Å²) in [5.74, 6) is 0. The highest BCUT2D eigenvalue weighted by atomic mass is 32.2. The van der Waals surface area contributed by atoms with E-state index in [2.05, 4.69) is 4.98 Å². The number of rotatable bonds is 5. The summed E-state index contributed by atoms with van der Waals surface area (Å²) in [5.41, 5.74) is 0.0243. The zero-order chi connectivity index (χ0) is 16.1. The van der Waals surface area contributed by atoms with Crippen LogP contribution in [-0.2, 0) is 0 Å². The second-order valence-corrected chi connectivity index (χ2v) is 6.72. The van der Waals surface area contributed by atoms with Crippen LogP contribution in [0, 0.1) is 10.1 Å². The molecule has 0 spiro atoms. The lowest BCUT2D eigenvalue weighted by molar-refractivity contribution is -0.388. The van der Waals surface area contributed by atoms with Gasteiger partial charge >= 0.3 is 5.69 Å². The van der Waals surface area contributed by atoms with E-state index in [-0.39, 0.29) is 5.69 Å². The predicted octanol–water partition coefficient (Wildman–Crippen LogP) is 5.29. The van der Waals surface area contributed by atoms with E-state index in [0.717, 1.165) is 14.8 Å². The highest BCUT2D eigenvalue weighted by Crippen LogP contribution is 2.36. The molecular formula is C17H12N2O2S2. The van der Waals surface area contributed by atoms with Gasteiger partial charge in [0, 0.05) is 15.9 Å². The molecule has 0 atom stereocenters. The summed E-state index contributed by atoms with van der Waals surface area (Å²) in [6, 6.07) is 22.6. The zero-order valence-electron chi connectivity index (χ0n) is 12.0. The average molecular weight is 340 g/mol. The molecule has 0 fully saturated rings. The Morgan fingerprint density at radius 2 is 1.35 bits per heavy atom. The fourth-order valence-corrected chi connectivity index (χ4v) is 3.67. The first-order valence-electron chi connectivity index (χ1n) is 6.83. The topological polar surface area (TPSA) is 56.0 Å². The fraction of sp³-hybridized carbons (Fsp3) is 0. The van der Waals surface area contributed by atoms with Crippen LogP contribution in [0.25, 0.3) is 0 Å². The van der Waals surface area contributed by atoms with Gasteiger partial charge in [0.1, 0.15) is 5.03 Å². The van der Waals surface area contributed by atoms with Gasteiger partial charge < -0.3 is 0 Å². The standard InChI is InChI=1S/C17H12N2O2S2/c20-19(21)15-11-12-16(22-13-7-3-1-4-8-13)18-17(15)23-14-9-5-2-6-10-14/h1-12H. The van der Waals surface area contributed by atoms with E-state index in [1.807, 2.05) is 60.7 Å². The molecule has 1 aromatic heterocycles. The van der Waals surface area contributed by atoms with Gasteiger partial charge in [-0.3, -0.25) is 10.1 Å². The summed E-state index contributed by atoms with van der Waals surface area (Å²) < 4.78 is 0. The van der Waals surface area contributed by atoms with E-state index in [4.69, 9.17) is 0 Å². The van der Waals surface area contributed by atoms with Gasteiger partial charge in [0.05, 0.1) is 4.92 Å². The van der Waals surface area contributed by atoms with E-state index in [1.165, 1.54) is 29.6 Å². The van der Waals surface area contributed by atoms with Crippen LogP contribution in [0.2, 0.25) is 0 Å². The van der Waals surface area contributed by atoms with E-state index in [9.17, 15) is 10.1 Å². The quantitative estimate of drug-likeness (QED) is 0.466. The maximum Gasteiger partial charge on any atom is 0.301 e. The Labute approximate surface area is 142 Å². The fourth-order valence-electron chi connectivity index (χ4n) is 1.90. The molecule has 1 heterocycles. The Morgan fingerprint density at radius 1 is 0.783 bits per heavy atom. The summed E-state index contributed by atoms with van der Waals surface area (Å²) in [6.07, 6.45) is 0. The Kier molecular flexibility index (Phi) is 4.95. The molecule has 0 amide bonds. The van der Waals surface area contributed by atoms with Crippen molar-refractivity contribution in [1.29, 1.82) is 0 Å². The number of pyridine rings is 1. The second-order valence-electron chi connectivity index (χ2n) is 4.56. The van der Waals surface area contributed by atoms with Gasteiger partial charge in [-0.15, -0.1) is 0 Å². The number of hydrogen-bond donors (Lipinski definition) is 0. The van der Waals surface area contributed by atoms with Gasteiger partial charge in [-0.2, -0.15) is 0 Å². The zero-order valence-corrected chi connectivity index (χ0v) is 13.6. The molecule has 4 nitrogen and oxygen atoms in total. The van der Waals surface area contributed by atoms with E-state index < -0.39 is 4.92 Å². The third-order valence-electron chi connectivity index (χ3n) is 2.93. The molecule has 3 aromatic rings. The molecule has 114 valence electrons. The molecule has 2 aromatic carbocycles. The van der Waals surface area contributed by atoms with E-state index in [0.29, 0.717) is 5.03 Å². The van der Waals surface area contributed by atoms with Gasteiger partial charge in [-0.1, -0.05) is 59.9 Å². The third kappa shape index (κ3) is 4.12. The number of nitro groups is 1. The molecule has 6 heteroatoms. The summed E-state index contributed by atoms with van der Waals surface area (Å²) in [5, 5.41) is 12.4. The molecule has 0 unspecified atom stereocenters. The minimum Gasteiger partial charge on any atom is -0.258 e. The largest absolute Gasteiger partial charge is 0.301 e. The first-order chi connectivity index (χ1) is 11.2. The van der Waals surface area contributed by atoms with Crippen LogP contribution in [0.15, 0.2) is 92.6 Å². The highest BCUT2D eigenvalue weighted by molar-refractivity contribution is 8.00. The van der Waals surface area contributed by atoms with Crippen molar-refractivity contribution in [3.8, 4) is 0 Å². The minimum atomic E-state index is -0.394. The lowest BCUT2D eigenvalue weighted by atomic mass is 10.4. The molecule has 0 aliphatic heterocycles. The number of aromatic nitrogens is 1. The van der Waals surface area contributed by atoms with Crippen LogP contribution >= 0.6 is 23.5 Å². The molecule has 0 aliphatic carbocycles. The Balaban J connectivity index is 1.91. The van der Waals surface area contributed by atoms with Gasteiger partial charge in [-0.05, 0) is 30.3 Å². The van der Waals surface area contributed by atoms with Crippen LogP contribution in [0.4, 0.5) is 5.69 Å². The molecule has 0 saturated heterocycles. The van der Waals surface area contributed by atoms with Gasteiger partial charge in [0.25, 0.3) is 0 Å². The molecular weight excluding hydrogens is 328 g/mol. The number of hydrogen-bond acceptors (Lipinski definition) is 5. The summed E-state index contributed by atoms with van der Waals surface area (Å²) in [7, 11) is 0. The van der Waals surface area contributed by atoms with Crippen molar-refractivity contribution in [3.05, 3.63) is 82.9 Å². The van der Waals surface area contributed by atoms with Gasteiger partial charge in [0.2, 0.25) is 0 Å². The van der Waals surface area contributed by atoms with Crippen LogP contribution in [0.3, 0.4) is 0 Å². The van der Waals surface area contributed by atoms with Crippen molar-refractivity contribution in [1.82, 2.24) is 4.98 Å². The Morgan fingerprint density at radius 3 is 1.91 bits per heavy atom. The lowest BCUT2D eigenvalue weighted by Crippen LogP contribution is -1.94. The van der Waals surface area contributed by atoms with Crippen LogP contribution < -0.4 is 0 Å². The van der Waals surface area contributed by atoms with Gasteiger partial charge in [-0.25, -0.2) is 4.98 Å².